The first kappa shape index (κ1) is 14.0. The lowest BCUT2D eigenvalue weighted by Crippen LogP contribution is -2.22. The Morgan fingerprint density at radius 2 is 1.89 bits per heavy atom. The van der Waals surface area contributed by atoms with Crippen LogP contribution in [0.3, 0.4) is 0 Å². The van der Waals surface area contributed by atoms with Crippen molar-refractivity contribution in [1.29, 1.82) is 0 Å². The van der Waals surface area contributed by atoms with E-state index in [2.05, 4.69) is 31.2 Å². The van der Waals surface area contributed by atoms with Crippen molar-refractivity contribution in [2.24, 2.45) is 0 Å². The Morgan fingerprint density at radius 3 is 2.53 bits per heavy atom. The molecular weight excluding hydrogens is 326 g/mol. The summed E-state index contributed by atoms with van der Waals surface area (Å²) in [6.45, 7) is 1.83. The summed E-state index contributed by atoms with van der Waals surface area (Å²) in [7, 11) is 0. The predicted octanol–water partition coefficient (Wildman–Crippen LogP) is 3.36. The minimum Gasteiger partial charge on any atom is -0.325 e. The number of rotatable bonds is 4. The van der Waals surface area contributed by atoms with Gasteiger partial charge in [-0.2, -0.15) is 0 Å². The normalized spacial score (nSPS) is 11.9. The number of carbonyl (C=O) groups excluding carboxylic acids is 1. The second-order valence-electron chi connectivity index (χ2n) is 3.79. The van der Waals surface area contributed by atoms with Crippen LogP contribution in [0, 0.1) is 0 Å². The van der Waals surface area contributed by atoms with Crippen molar-refractivity contribution in [3.63, 3.8) is 0 Å². The first-order chi connectivity index (χ1) is 9.15. The van der Waals surface area contributed by atoms with Gasteiger partial charge < -0.3 is 5.32 Å². The molecule has 0 radical (unpaired) electrons. The van der Waals surface area contributed by atoms with Crippen LogP contribution in [0.1, 0.15) is 6.92 Å². The molecule has 2 aromatic rings. The molecule has 4 nitrogen and oxygen atoms in total. The first-order valence-electron chi connectivity index (χ1n) is 5.65. The van der Waals surface area contributed by atoms with Gasteiger partial charge in [0.2, 0.25) is 5.91 Å². The summed E-state index contributed by atoms with van der Waals surface area (Å²) >= 11 is 4.68. The molecular formula is C13H12BrN3OS. The van der Waals surface area contributed by atoms with Crippen molar-refractivity contribution in [3.8, 4) is 0 Å². The number of carbonyl (C=O) groups is 1. The molecule has 0 saturated carbocycles. The molecule has 0 fully saturated rings. The van der Waals surface area contributed by atoms with Gasteiger partial charge in [-0.3, -0.25) is 4.79 Å². The van der Waals surface area contributed by atoms with Gasteiger partial charge in [0.1, 0.15) is 0 Å². The number of nitrogens with zero attached hydrogens (tertiary/aromatic N) is 2. The molecule has 1 amide bonds. The number of aromatic nitrogens is 2. The minimum absolute atomic E-state index is 0.0697. The third kappa shape index (κ3) is 4.33. The van der Waals surface area contributed by atoms with Crippen LogP contribution in [0.4, 0.5) is 5.69 Å². The number of nitrogens with one attached hydrogen (secondary N) is 1. The topological polar surface area (TPSA) is 54.9 Å². The van der Waals surface area contributed by atoms with E-state index in [1.54, 1.807) is 18.5 Å². The van der Waals surface area contributed by atoms with Crippen molar-refractivity contribution < 1.29 is 4.79 Å². The van der Waals surface area contributed by atoms with Gasteiger partial charge in [0.05, 0.1) is 5.25 Å². The molecule has 1 heterocycles. The molecule has 19 heavy (non-hydrogen) atoms. The second kappa shape index (κ2) is 6.68. The van der Waals surface area contributed by atoms with Crippen molar-refractivity contribution in [3.05, 3.63) is 47.2 Å². The quantitative estimate of drug-likeness (QED) is 0.686. The number of halogens is 1. The molecule has 1 aromatic carbocycles. The van der Waals surface area contributed by atoms with Gasteiger partial charge in [0, 0.05) is 22.6 Å². The highest BCUT2D eigenvalue weighted by atomic mass is 79.9. The Bertz CT molecular complexity index is 548. The van der Waals surface area contributed by atoms with E-state index in [1.807, 2.05) is 31.2 Å². The average molecular weight is 338 g/mol. The molecule has 98 valence electrons. The van der Waals surface area contributed by atoms with Crippen molar-refractivity contribution in [2.45, 2.75) is 17.3 Å². The first-order valence-corrected chi connectivity index (χ1v) is 7.32. The zero-order chi connectivity index (χ0) is 13.7. The van der Waals surface area contributed by atoms with Crippen LogP contribution in [0.15, 0.2) is 52.4 Å². The molecule has 2 rings (SSSR count). The maximum atomic E-state index is 12.0. The Balaban J connectivity index is 1.94. The molecule has 1 N–H and O–H groups in total. The third-order valence-corrected chi connectivity index (χ3v) is 3.82. The van der Waals surface area contributed by atoms with E-state index in [0.29, 0.717) is 5.16 Å². The van der Waals surface area contributed by atoms with Gasteiger partial charge in [-0.25, -0.2) is 9.97 Å². The lowest BCUT2D eigenvalue weighted by atomic mass is 10.3. The maximum absolute atomic E-state index is 12.0. The van der Waals surface area contributed by atoms with Crippen molar-refractivity contribution in [1.82, 2.24) is 9.97 Å². The summed E-state index contributed by atoms with van der Waals surface area (Å²) in [5.41, 5.74) is 0.773. The van der Waals surface area contributed by atoms with E-state index < -0.39 is 0 Å². The highest BCUT2D eigenvalue weighted by Crippen LogP contribution is 2.20. The van der Waals surface area contributed by atoms with E-state index in [9.17, 15) is 4.79 Å². The van der Waals surface area contributed by atoms with Gasteiger partial charge in [0.15, 0.2) is 5.16 Å². The SMILES string of the molecule is CC(Sc1ncccn1)C(=O)Nc1ccc(Br)cc1. The zero-order valence-corrected chi connectivity index (χ0v) is 12.6. The summed E-state index contributed by atoms with van der Waals surface area (Å²) in [6.07, 6.45) is 3.32. The van der Waals surface area contributed by atoms with Crippen LogP contribution < -0.4 is 5.32 Å². The lowest BCUT2D eigenvalue weighted by Gasteiger charge is -2.10. The van der Waals surface area contributed by atoms with Crippen LogP contribution in [-0.4, -0.2) is 21.1 Å². The number of hydrogen-bond donors (Lipinski definition) is 1. The smallest absolute Gasteiger partial charge is 0.237 e. The predicted molar refractivity (Wildman–Crippen MR) is 80.1 cm³/mol. The second-order valence-corrected chi connectivity index (χ2v) is 6.01. The summed E-state index contributed by atoms with van der Waals surface area (Å²) in [6, 6.07) is 9.20. The molecule has 1 unspecified atom stereocenters. The average Bonchev–Trinajstić information content (AvgIpc) is 2.42. The van der Waals surface area contributed by atoms with Crippen LogP contribution >= 0.6 is 27.7 Å². The molecule has 0 spiro atoms. The van der Waals surface area contributed by atoms with Gasteiger partial charge in [0.25, 0.3) is 0 Å². The fraction of sp³-hybridized carbons (Fsp3) is 0.154. The van der Waals surface area contributed by atoms with Gasteiger partial charge in [-0.05, 0) is 37.3 Å². The molecule has 1 aromatic heterocycles. The van der Waals surface area contributed by atoms with Crippen molar-refractivity contribution >= 4 is 39.3 Å². The van der Waals surface area contributed by atoms with E-state index in [4.69, 9.17) is 0 Å². The molecule has 0 aliphatic rings. The summed E-state index contributed by atoms with van der Waals surface area (Å²) in [4.78, 5) is 20.2. The molecule has 0 aliphatic carbocycles. The van der Waals surface area contributed by atoms with Crippen LogP contribution in [0.25, 0.3) is 0 Å². The molecule has 0 aliphatic heterocycles. The van der Waals surface area contributed by atoms with Gasteiger partial charge in [-0.15, -0.1) is 0 Å². The summed E-state index contributed by atoms with van der Waals surface area (Å²) in [5.74, 6) is -0.0697. The van der Waals surface area contributed by atoms with E-state index in [0.717, 1.165) is 10.2 Å². The number of amides is 1. The van der Waals surface area contributed by atoms with E-state index in [1.165, 1.54) is 11.8 Å². The third-order valence-electron chi connectivity index (χ3n) is 2.31. The van der Waals surface area contributed by atoms with Gasteiger partial charge in [-0.1, -0.05) is 27.7 Å². The minimum atomic E-state index is -0.258. The van der Waals surface area contributed by atoms with Crippen LogP contribution in [0.5, 0.6) is 0 Å². The Kier molecular flexibility index (Phi) is 4.93. The zero-order valence-electron chi connectivity index (χ0n) is 10.2. The number of anilines is 1. The molecule has 6 heteroatoms. The van der Waals surface area contributed by atoms with Crippen LogP contribution in [-0.2, 0) is 4.79 Å². The van der Waals surface area contributed by atoms with Crippen molar-refractivity contribution in [2.75, 3.05) is 5.32 Å². The number of thioether (sulfide) groups is 1. The van der Waals surface area contributed by atoms with E-state index >= 15 is 0 Å². The number of benzene rings is 1. The standard InChI is InChI=1S/C13H12BrN3OS/c1-9(19-13-15-7-2-8-16-13)12(18)17-11-5-3-10(14)4-6-11/h2-9H,1H3,(H,17,18). The maximum Gasteiger partial charge on any atom is 0.237 e. The summed E-state index contributed by atoms with van der Waals surface area (Å²) in [5, 5.41) is 3.19. The Labute approximate surface area is 124 Å². The number of hydrogen-bond acceptors (Lipinski definition) is 4. The summed E-state index contributed by atoms with van der Waals surface area (Å²) < 4.78 is 0.977. The van der Waals surface area contributed by atoms with Crippen LogP contribution in [0.2, 0.25) is 0 Å². The Hall–Kier alpha value is -1.40. The monoisotopic (exact) mass is 337 g/mol. The Morgan fingerprint density at radius 1 is 1.26 bits per heavy atom. The highest BCUT2D eigenvalue weighted by molar-refractivity contribution is 9.10. The lowest BCUT2D eigenvalue weighted by molar-refractivity contribution is -0.115. The highest BCUT2D eigenvalue weighted by Gasteiger charge is 2.15. The molecule has 1 atom stereocenters. The fourth-order valence-electron chi connectivity index (χ4n) is 1.34. The fourth-order valence-corrected chi connectivity index (χ4v) is 2.32. The molecule has 0 bridgehead atoms. The van der Waals surface area contributed by atoms with E-state index in [-0.39, 0.29) is 11.2 Å². The largest absolute Gasteiger partial charge is 0.325 e. The van der Waals surface area contributed by atoms with Gasteiger partial charge >= 0.3 is 0 Å². The molecule has 0 saturated heterocycles.